The van der Waals surface area contributed by atoms with Gasteiger partial charge in [-0.3, -0.25) is 9.59 Å². The molecule has 0 spiro atoms. The number of nitrogens with one attached hydrogen (secondary N) is 2. The Morgan fingerprint density at radius 2 is 1.03 bits per heavy atom. The monoisotopic (exact) mass is 479 g/mol. The van der Waals surface area contributed by atoms with E-state index in [1.165, 1.54) is 51.4 Å². The van der Waals surface area contributed by atoms with Crippen LogP contribution in [-0.4, -0.2) is 31.4 Å². The van der Waals surface area contributed by atoms with Gasteiger partial charge in [0.15, 0.2) is 0 Å². The van der Waals surface area contributed by atoms with Crippen molar-refractivity contribution in [3.63, 3.8) is 0 Å². The Morgan fingerprint density at radius 1 is 0.629 bits per heavy atom. The summed E-state index contributed by atoms with van der Waals surface area (Å²) in [4.78, 5) is 24.2. The predicted molar refractivity (Wildman–Crippen MR) is 143 cm³/mol. The number of benzene rings is 2. The van der Waals surface area contributed by atoms with E-state index in [4.69, 9.17) is 5.73 Å². The number of unbranched alkanes of at least 4 members (excludes halogenated alkanes) is 9. The largest absolute Gasteiger partial charge is 0.352 e. The van der Waals surface area contributed by atoms with Crippen LogP contribution in [0.3, 0.4) is 0 Å². The van der Waals surface area contributed by atoms with Crippen LogP contribution in [0.4, 0.5) is 11.4 Å². The SMILES string of the molecule is CCCCCCCCCCCCNC(=O)c1ccc(N=Nc2ccc(C(=O)NCCN)cc2)cc1. The molecule has 0 bridgehead atoms. The van der Waals surface area contributed by atoms with Gasteiger partial charge in [-0.05, 0) is 55.0 Å². The van der Waals surface area contributed by atoms with Gasteiger partial charge < -0.3 is 16.4 Å². The van der Waals surface area contributed by atoms with E-state index in [1.54, 1.807) is 48.5 Å². The molecule has 7 nitrogen and oxygen atoms in total. The molecule has 190 valence electrons. The molecule has 0 aromatic heterocycles. The minimum atomic E-state index is -0.166. The van der Waals surface area contributed by atoms with Gasteiger partial charge in [0.1, 0.15) is 0 Å². The molecular weight excluding hydrogens is 438 g/mol. The number of rotatable bonds is 17. The lowest BCUT2D eigenvalue weighted by molar-refractivity contribution is 0.0945. The standard InChI is InChI=1S/C28H41N5O2/c1-2-3-4-5-6-7-8-9-10-11-21-30-27(34)23-12-16-25(17-13-23)32-33-26-18-14-24(15-19-26)28(35)31-22-20-29/h12-19H,2-11,20-22,29H2,1H3,(H,30,34)(H,31,35). The number of nitrogens with two attached hydrogens (primary N) is 1. The number of amides is 2. The van der Waals surface area contributed by atoms with Gasteiger partial charge in [-0.15, -0.1) is 0 Å². The Kier molecular flexibility index (Phi) is 14.0. The number of hydrogen-bond donors (Lipinski definition) is 3. The molecule has 2 rings (SSSR count). The average Bonchev–Trinajstić information content (AvgIpc) is 2.89. The van der Waals surface area contributed by atoms with Gasteiger partial charge in [0.05, 0.1) is 11.4 Å². The van der Waals surface area contributed by atoms with Crippen LogP contribution in [0.1, 0.15) is 91.8 Å². The van der Waals surface area contributed by atoms with Crippen LogP contribution in [0.5, 0.6) is 0 Å². The summed E-state index contributed by atoms with van der Waals surface area (Å²) >= 11 is 0. The molecule has 0 heterocycles. The predicted octanol–water partition coefficient (Wildman–Crippen LogP) is 6.44. The number of carbonyl (C=O) groups excluding carboxylic acids is 2. The second-order valence-corrected chi connectivity index (χ2v) is 8.78. The summed E-state index contributed by atoms with van der Waals surface area (Å²) in [5, 5.41) is 14.1. The Labute approximate surface area is 210 Å². The third-order valence-corrected chi connectivity index (χ3v) is 5.79. The summed E-state index contributed by atoms with van der Waals surface area (Å²) in [6.07, 6.45) is 12.8. The van der Waals surface area contributed by atoms with Crippen molar-refractivity contribution in [1.82, 2.24) is 10.6 Å². The van der Waals surface area contributed by atoms with Crippen LogP contribution >= 0.6 is 0 Å². The first-order valence-corrected chi connectivity index (χ1v) is 13.0. The Bertz CT molecular complexity index is 895. The summed E-state index contributed by atoms with van der Waals surface area (Å²) < 4.78 is 0. The van der Waals surface area contributed by atoms with Gasteiger partial charge in [-0.25, -0.2) is 0 Å². The smallest absolute Gasteiger partial charge is 0.251 e. The molecule has 0 atom stereocenters. The number of carbonyl (C=O) groups is 2. The zero-order valence-electron chi connectivity index (χ0n) is 21.1. The van der Waals surface area contributed by atoms with Crippen LogP contribution in [0.2, 0.25) is 0 Å². The Balaban J connectivity index is 1.65. The minimum Gasteiger partial charge on any atom is -0.352 e. The van der Waals surface area contributed by atoms with Crippen LogP contribution in [0, 0.1) is 0 Å². The van der Waals surface area contributed by atoms with Crippen molar-refractivity contribution in [2.24, 2.45) is 16.0 Å². The highest BCUT2D eigenvalue weighted by Gasteiger charge is 2.05. The second-order valence-electron chi connectivity index (χ2n) is 8.78. The first-order chi connectivity index (χ1) is 17.1. The normalized spacial score (nSPS) is 11.0. The van der Waals surface area contributed by atoms with Crippen molar-refractivity contribution in [3.05, 3.63) is 59.7 Å². The zero-order valence-corrected chi connectivity index (χ0v) is 21.1. The van der Waals surface area contributed by atoms with Crippen LogP contribution < -0.4 is 16.4 Å². The lowest BCUT2D eigenvalue weighted by atomic mass is 10.1. The molecule has 0 saturated heterocycles. The summed E-state index contributed by atoms with van der Waals surface area (Å²) in [5.41, 5.74) is 7.85. The molecule has 0 aliphatic carbocycles. The van der Waals surface area contributed by atoms with Crippen molar-refractivity contribution in [2.75, 3.05) is 19.6 Å². The summed E-state index contributed by atoms with van der Waals surface area (Å²) in [6, 6.07) is 13.9. The van der Waals surface area contributed by atoms with E-state index in [-0.39, 0.29) is 11.8 Å². The summed E-state index contributed by atoms with van der Waals surface area (Å²) in [6.45, 7) is 3.79. The molecule has 0 aliphatic rings. The van der Waals surface area contributed by atoms with E-state index in [2.05, 4.69) is 27.8 Å². The maximum absolute atomic E-state index is 12.3. The quantitative estimate of drug-likeness (QED) is 0.179. The van der Waals surface area contributed by atoms with E-state index in [1.807, 2.05) is 0 Å². The van der Waals surface area contributed by atoms with Gasteiger partial charge in [0, 0.05) is 30.8 Å². The molecule has 0 radical (unpaired) electrons. The molecule has 0 unspecified atom stereocenters. The van der Waals surface area contributed by atoms with Gasteiger partial charge in [-0.2, -0.15) is 10.2 Å². The van der Waals surface area contributed by atoms with Gasteiger partial charge in [0.2, 0.25) is 0 Å². The number of nitrogens with zero attached hydrogens (tertiary/aromatic N) is 2. The van der Waals surface area contributed by atoms with Crippen LogP contribution in [0.25, 0.3) is 0 Å². The number of azo groups is 1. The maximum atomic E-state index is 12.3. The number of hydrogen-bond acceptors (Lipinski definition) is 5. The van der Waals surface area contributed by atoms with E-state index in [0.717, 1.165) is 12.8 Å². The summed E-state index contributed by atoms with van der Waals surface area (Å²) in [7, 11) is 0. The highest BCUT2D eigenvalue weighted by Crippen LogP contribution is 2.19. The molecule has 2 aromatic carbocycles. The molecular formula is C28H41N5O2. The molecule has 0 aliphatic heterocycles. The van der Waals surface area contributed by atoms with E-state index < -0.39 is 0 Å². The van der Waals surface area contributed by atoms with Crippen molar-refractivity contribution in [3.8, 4) is 0 Å². The lowest BCUT2D eigenvalue weighted by Gasteiger charge is -2.06. The molecule has 0 saturated carbocycles. The van der Waals surface area contributed by atoms with Crippen molar-refractivity contribution in [2.45, 2.75) is 71.1 Å². The summed E-state index contributed by atoms with van der Waals surface area (Å²) in [5.74, 6) is -0.228. The highest BCUT2D eigenvalue weighted by molar-refractivity contribution is 5.95. The van der Waals surface area contributed by atoms with Crippen LogP contribution in [-0.2, 0) is 0 Å². The highest BCUT2D eigenvalue weighted by atomic mass is 16.2. The topological polar surface area (TPSA) is 109 Å². The van der Waals surface area contributed by atoms with E-state index in [9.17, 15) is 9.59 Å². The molecule has 2 aromatic rings. The van der Waals surface area contributed by atoms with Crippen LogP contribution in [0.15, 0.2) is 58.8 Å². The molecule has 2 amide bonds. The zero-order chi connectivity index (χ0) is 25.1. The van der Waals surface area contributed by atoms with Gasteiger partial charge in [-0.1, -0.05) is 64.7 Å². The third kappa shape index (κ3) is 11.8. The lowest BCUT2D eigenvalue weighted by Crippen LogP contribution is -2.28. The second kappa shape index (κ2) is 17.4. The van der Waals surface area contributed by atoms with Crippen molar-refractivity contribution >= 4 is 23.2 Å². The fourth-order valence-electron chi connectivity index (χ4n) is 3.68. The van der Waals surface area contributed by atoms with E-state index >= 15 is 0 Å². The first-order valence-electron chi connectivity index (χ1n) is 13.0. The molecule has 4 N–H and O–H groups in total. The minimum absolute atomic E-state index is 0.0621. The van der Waals surface area contributed by atoms with Gasteiger partial charge >= 0.3 is 0 Å². The Morgan fingerprint density at radius 3 is 1.46 bits per heavy atom. The molecule has 0 fully saturated rings. The Hall–Kier alpha value is -3.06. The van der Waals surface area contributed by atoms with Crippen molar-refractivity contribution < 1.29 is 9.59 Å². The van der Waals surface area contributed by atoms with Gasteiger partial charge in [0.25, 0.3) is 11.8 Å². The first kappa shape index (κ1) is 28.2. The van der Waals surface area contributed by atoms with E-state index in [0.29, 0.717) is 42.1 Å². The third-order valence-electron chi connectivity index (χ3n) is 5.79. The fourth-order valence-corrected chi connectivity index (χ4v) is 3.68. The van der Waals surface area contributed by atoms with Crippen molar-refractivity contribution in [1.29, 1.82) is 0 Å². The molecule has 7 heteroatoms. The molecule has 35 heavy (non-hydrogen) atoms. The fraction of sp³-hybridized carbons (Fsp3) is 0.500. The average molecular weight is 480 g/mol. The maximum Gasteiger partial charge on any atom is 0.251 e.